The Morgan fingerprint density at radius 3 is 2.32 bits per heavy atom. The van der Waals surface area contributed by atoms with Crippen molar-refractivity contribution >= 4 is 45.2 Å². The van der Waals surface area contributed by atoms with E-state index in [0.29, 0.717) is 0 Å². The third-order valence-corrected chi connectivity index (χ3v) is 10.5. The molecule has 0 saturated carbocycles. The average Bonchev–Trinajstić information content (AvgIpc) is 3.37. The van der Waals surface area contributed by atoms with Crippen LogP contribution in [0.4, 0.5) is 0 Å². The Labute approximate surface area is 211 Å². The molecule has 6 heteroatoms. The van der Waals surface area contributed by atoms with E-state index in [4.69, 9.17) is 4.99 Å². The van der Waals surface area contributed by atoms with E-state index in [9.17, 15) is 4.79 Å². The number of fused-ring (bicyclic) bond motifs is 1. The fourth-order valence-corrected chi connectivity index (χ4v) is 8.54. The zero-order valence-electron chi connectivity index (χ0n) is 19.1. The summed E-state index contributed by atoms with van der Waals surface area (Å²) in [5, 5.41) is 0. The molecule has 2 aromatic carbocycles. The van der Waals surface area contributed by atoms with Crippen LogP contribution in [0.2, 0.25) is 0 Å². The van der Waals surface area contributed by atoms with Gasteiger partial charge in [0.05, 0.1) is 16.0 Å². The molecular weight excluding hydrogens is 477 g/mol. The lowest BCUT2D eigenvalue weighted by molar-refractivity contribution is 0.553. The minimum absolute atomic E-state index is 0.0841. The predicted molar refractivity (Wildman–Crippen MR) is 146 cm³/mol. The predicted octanol–water partition coefficient (Wildman–Crippen LogP) is 6.45. The second-order valence-corrected chi connectivity index (χ2v) is 12.4. The van der Waals surface area contributed by atoms with Gasteiger partial charge in [0, 0.05) is 0 Å². The normalized spacial score (nSPS) is 21.1. The zero-order chi connectivity index (χ0) is 23.2. The van der Waals surface area contributed by atoms with Crippen molar-refractivity contribution in [1.29, 1.82) is 0 Å². The molecule has 0 amide bonds. The second kappa shape index (κ2) is 8.91. The molecule has 3 nitrogen and oxygen atoms in total. The van der Waals surface area contributed by atoms with Crippen molar-refractivity contribution in [3.63, 3.8) is 0 Å². The number of nitrogens with zero attached hydrogens (tertiary/aromatic N) is 2. The van der Waals surface area contributed by atoms with Crippen LogP contribution in [0.3, 0.4) is 0 Å². The van der Waals surface area contributed by atoms with Crippen LogP contribution in [-0.4, -0.2) is 4.57 Å². The summed E-state index contributed by atoms with van der Waals surface area (Å²) >= 11 is 4.98. The van der Waals surface area contributed by atoms with E-state index in [1.807, 2.05) is 16.7 Å². The van der Waals surface area contributed by atoms with Crippen LogP contribution in [0, 0.1) is 0 Å². The van der Waals surface area contributed by atoms with E-state index in [1.54, 1.807) is 34.9 Å². The van der Waals surface area contributed by atoms with Crippen LogP contribution in [0.25, 0.3) is 10.3 Å². The molecule has 0 bridgehead atoms. The van der Waals surface area contributed by atoms with Crippen molar-refractivity contribution in [3.8, 4) is 0 Å². The highest BCUT2D eigenvalue weighted by atomic mass is 32.2. The fourth-order valence-electron chi connectivity index (χ4n) is 4.80. The van der Waals surface area contributed by atoms with Crippen molar-refractivity contribution in [2.24, 2.45) is 4.99 Å². The number of hydrogen-bond acceptors (Lipinski definition) is 5. The lowest BCUT2D eigenvalue weighted by atomic mass is 9.84. The maximum atomic E-state index is 13.9. The molecule has 0 saturated heterocycles. The van der Waals surface area contributed by atoms with E-state index >= 15 is 0 Å². The van der Waals surface area contributed by atoms with E-state index in [-0.39, 0.29) is 11.6 Å². The maximum absolute atomic E-state index is 13.9. The fraction of sp³-hybridized carbons (Fsp3) is 0.214. The van der Waals surface area contributed by atoms with Crippen molar-refractivity contribution in [3.05, 3.63) is 118 Å². The lowest BCUT2D eigenvalue weighted by Gasteiger charge is -2.31. The summed E-state index contributed by atoms with van der Waals surface area (Å²) in [7, 11) is 0. The van der Waals surface area contributed by atoms with E-state index < -0.39 is 0 Å². The number of thiazole rings is 1. The van der Waals surface area contributed by atoms with Crippen LogP contribution in [0.1, 0.15) is 50.3 Å². The molecule has 0 spiro atoms. The number of thioether (sulfide) groups is 2. The Bertz CT molecular complexity index is 1540. The molecule has 0 fully saturated rings. The molecule has 1 aliphatic carbocycles. The van der Waals surface area contributed by atoms with Gasteiger partial charge in [-0.15, -0.1) is 0 Å². The lowest BCUT2D eigenvalue weighted by Crippen LogP contribution is -2.39. The molecule has 1 unspecified atom stereocenters. The van der Waals surface area contributed by atoms with E-state index in [1.165, 1.54) is 26.5 Å². The monoisotopic (exact) mass is 500 g/mol. The van der Waals surface area contributed by atoms with Gasteiger partial charge in [-0.3, -0.25) is 9.36 Å². The van der Waals surface area contributed by atoms with Gasteiger partial charge < -0.3 is 0 Å². The quantitative estimate of drug-likeness (QED) is 0.405. The molecule has 34 heavy (non-hydrogen) atoms. The summed E-state index contributed by atoms with van der Waals surface area (Å²) in [6.45, 7) is 4.26. The molecule has 1 aromatic heterocycles. The molecule has 3 aliphatic rings. The van der Waals surface area contributed by atoms with Crippen molar-refractivity contribution in [1.82, 2.24) is 4.57 Å². The van der Waals surface area contributed by atoms with Crippen molar-refractivity contribution in [2.75, 3.05) is 0 Å². The Kier molecular flexibility index (Phi) is 5.76. The summed E-state index contributed by atoms with van der Waals surface area (Å²) in [5.74, 6) is 0. The topological polar surface area (TPSA) is 34.4 Å². The molecule has 3 aromatic rings. The standard InChI is InChI=1S/C28H24N2OS3/c1-17-18(2)33-27(32-17)25-26(31)30-24(20-12-7-4-8-13-20)22-15-9-14-21(23(22)29-28(30)34-25)16-19-10-5-3-6-11-19/h3-8,10-13,16,24H,9,14-15H2,1-2H3/b21-16-. The number of rotatable bonds is 2. The van der Waals surface area contributed by atoms with Crippen LogP contribution in [0.5, 0.6) is 0 Å². The van der Waals surface area contributed by atoms with Gasteiger partial charge in [0.25, 0.3) is 5.56 Å². The van der Waals surface area contributed by atoms with Crippen molar-refractivity contribution < 1.29 is 0 Å². The van der Waals surface area contributed by atoms with Crippen LogP contribution in [-0.2, 0) is 0 Å². The summed E-state index contributed by atoms with van der Waals surface area (Å²) in [6, 6.07) is 20.8. The summed E-state index contributed by atoms with van der Waals surface area (Å²) in [6.07, 6.45) is 5.31. The smallest absolute Gasteiger partial charge is 0.272 e. The highest BCUT2D eigenvalue weighted by Crippen LogP contribution is 2.49. The summed E-state index contributed by atoms with van der Waals surface area (Å²) in [4.78, 5) is 22.4. The molecule has 0 radical (unpaired) electrons. The maximum Gasteiger partial charge on any atom is 0.272 e. The van der Waals surface area contributed by atoms with Gasteiger partial charge in [0.2, 0.25) is 0 Å². The first-order valence-corrected chi connectivity index (χ1v) is 14.0. The van der Waals surface area contributed by atoms with Gasteiger partial charge in [-0.05, 0) is 71.3 Å². The number of allylic oxidation sites excluding steroid dienone is 4. The van der Waals surface area contributed by atoms with Crippen molar-refractivity contribution in [2.45, 2.75) is 39.2 Å². The molecule has 170 valence electrons. The van der Waals surface area contributed by atoms with Gasteiger partial charge in [-0.2, -0.15) is 0 Å². The van der Waals surface area contributed by atoms with E-state index in [2.05, 4.69) is 68.5 Å². The van der Waals surface area contributed by atoms with Crippen LogP contribution >= 0.6 is 34.9 Å². The molecule has 0 N–H and O–H groups in total. The van der Waals surface area contributed by atoms with Gasteiger partial charge >= 0.3 is 0 Å². The largest absolute Gasteiger partial charge is 0.272 e. The SMILES string of the molecule is CC1=C(C)SC(=c2sc3n(c2=O)C(c2ccccc2)C2=C(N=3)/C(=C\c3ccccc3)CCC2)S1. The van der Waals surface area contributed by atoms with Gasteiger partial charge in [0.1, 0.15) is 4.53 Å². The minimum atomic E-state index is -0.104. The Hall–Kier alpha value is -2.54. The zero-order valence-corrected chi connectivity index (χ0v) is 21.5. The second-order valence-electron chi connectivity index (χ2n) is 8.73. The number of hydrogen-bond donors (Lipinski definition) is 0. The first kappa shape index (κ1) is 22.0. The number of aromatic nitrogens is 1. The Morgan fingerprint density at radius 1 is 0.941 bits per heavy atom. The van der Waals surface area contributed by atoms with E-state index in [0.717, 1.165) is 44.1 Å². The highest BCUT2D eigenvalue weighted by Gasteiger charge is 2.33. The first-order valence-electron chi connectivity index (χ1n) is 11.5. The van der Waals surface area contributed by atoms with Crippen LogP contribution in [0.15, 0.2) is 97.1 Å². The highest BCUT2D eigenvalue weighted by molar-refractivity contribution is 8.35. The molecule has 6 rings (SSSR count). The molecular formula is C28H24N2OS3. The third kappa shape index (κ3) is 3.78. The summed E-state index contributed by atoms with van der Waals surface area (Å²) in [5.41, 5.74) is 6.05. The molecule has 1 atom stereocenters. The minimum Gasteiger partial charge on any atom is -0.272 e. The van der Waals surface area contributed by atoms with Gasteiger partial charge in [0.15, 0.2) is 4.80 Å². The average molecular weight is 501 g/mol. The van der Waals surface area contributed by atoms with Gasteiger partial charge in [-0.1, -0.05) is 95.5 Å². The third-order valence-electron chi connectivity index (χ3n) is 6.54. The Morgan fingerprint density at radius 2 is 1.62 bits per heavy atom. The Balaban J connectivity index is 1.60. The molecule has 2 aliphatic heterocycles. The van der Waals surface area contributed by atoms with Crippen LogP contribution < -0.4 is 14.9 Å². The summed E-state index contributed by atoms with van der Waals surface area (Å²) < 4.78 is 3.86. The van der Waals surface area contributed by atoms with Gasteiger partial charge in [-0.25, -0.2) is 4.99 Å². The number of benzene rings is 2. The first-order chi connectivity index (χ1) is 16.6. The molecule has 3 heterocycles.